The van der Waals surface area contributed by atoms with Gasteiger partial charge < -0.3 is 4.42 Å². The van der Waals surface area contributed by atoms with Gasteiger partial charge in [-0.3, -0.25) is 0 Å². The second-order valence-corrected chi connectivity index (χ2v) is 8.60. The summed E-state index contributed by atoms with van der Waals surface area (Å²) in [7, 11) is 0. The van der Waals surface area contributed by atoms with E-state index in [0.717, 1.165) is 15.7 Å². The van der Waals surface area contributed by atoms with E-state index in [1.54, 1.807) is 36.4 Å². The van der Waals surface area contributed by atoms with Crippen molar-refractivity contribution in [1.82, 2.24) is 4.98 Å². The summed E-state index contributed by atoms with van der Waals surface area (Å²) < 4.78 is 6.87. The number of aromatic nitrogens is 1. The quantitative estimate of drug-likeness (QED) is 0.265. The van der Waals surface area contributed by atoms with Crippen LogP contribution in [0.1, 0.15) is 10.8 Å². The molecule has 2 aromatic carbocycles. The molecular weight excluding hydrogens is 491 g/mol. The zero-order valence-electron chi connectivity index (χ0n) is 14.7. The van der Waals surface area contributed by atoms with Crippen LogP contribution in [0.5, 0.6) is 0 Å². The highest BCUT2D eigenvalue weighted by Gasteiger charge is 2.14. The molecule has 0 radical (unpaired) electrons. The van der Waals surface area contributed by atoms with Crippen molar-refractivity contribution >= 4 is 62.1 Å². The van der Waals surface area contributed by atoms with Crippen molar-refractivity contribution < 1.29 is 4.42 Å². The van der Waals surface area contributed by atoms with Crippen LogP contribution in [0, 0.1) is 11.3 Å². The summed E-state index contributed by atoms with van der Waals surface area (Å²) in [6, 6.07) is 18.9. The summed E-state index contributed by atoms with van der Waals surface area (Å²) in [5.74, 6) is 1.06. The van der Waals surface area contributed by atoms with Crippen molar-refractivity contribution in [1.29, 1.82) is 5.26 Å². The van der Waals surface area contributed by atoms with Gasteiger partial charge in [-0.2, -0.15) is 5.26 Å². The minimum atomic E-state index is 0.421. The number of hydrogen-bond donors (Lipinski definition) is 0. The molecule has 2 heterocycles. The number of thiazole rings is 1. The van der Waals surface area contributed by atoms with Gasteiger partial charge in [0.05, 0.1) is 26.9 Å². The molecule has 0 spiro atoms. The summed E-state index contributed by atoms with van der Waals surface area (Å²) in [5.41, 5.74) is 2.86. The molecule has 2 aromatic heterocycles. The van der Waals surface area contributed by atoms with Gasteiger partial charge in [-0.1, -0.05) is 57.3 Å². The zero-order valence-corrected chi connectivity index (χ0v) is 18.6. The Kier molecular flexibility index (Phi) is 5.89. The summed E-state index contributed by atoms with van der Waals surface area (Å²) in [5, 5.41) is 13.2. The standard InChI is InChI=1S/C22H11BrCl2N2OS/c23-15-6-4-13(5-7-15)19-12-29-22(27-19)14(11-26)10-16-8-9-20(28-16)21-17(24)2-1-3-18(21)25/h1-10,12H. The zero-order chi connectivity index (χ0) is 20.4. The van der Waals surface area contributed by atoms with E-state index in [4.69, 9.17) is 27.6 Å². The average Bonchev–Trinajstić information content (AvgIpc) is 3.37. The van der Waals surface area contributed by atoms with Crippen LogP contribution in [0.25, 0.3) is 34.2 Å². The second kappa shape index (κ2) is 8.56. The molecule has 0 saturated carbocycles. The van der Waals surface area contributed by atoms with Gasteiger partial charge in [0.2, 0.25) is 0 Å². The normalized spacial score (nSPS) is 11.4. The lowest BCUT2D eigenvalue weighted by Gasteiger charge is -2.02. The molecule has 0 unspecified atom stereocenters. The third kappa shape index (κ3) is 4.31. The summed E-state index contributed by atoms with van der Waals surface area (Å²) in [6.45, 7) is 0. The van der Waals surface area contributed by atoms with E-state index < -0.39 is 0 Å². The Hall–Kier alpha value is -2.36. The van der Waals surface area contributed by atoms with Crippen molar-refractivity contribution in [3.8, 4) is 28.7 Å². The molecule has 0 atom stereocenters. The van der Waals surface area contributed by atoms with Crippen molar-refractivity contribution in [2.45, 2.75) is 0 Å². The number of furan rings is 1. The predicted molar refractivity (Wildman–Crippen MR) is 123 cm³/mol. The summed E-state index contributed by atoms with van der Waals surface area (Å²) in [4.78, 5) is 4.60. The first-order chi connectivity index (χ1) is 14.0. The van der Waals surface area contributed by atoms with Crippen LogP contribution in [0.15, 0.2) is 68.9 Å². The highest BCUT2D eigenvalue weighted by Crippen LogP contribution is 2.36. The van der Waals surface area contributed by atoms with E-state index in [9.17, 15) is 5.26 Å². The maximum atomic E-state index is 9.63. The molecule has 142 valence electrons. The van der Waals surface area contributed by atoms with E-state index >= 15 is 0 Å². The van der Waals surface area contributed by atoms with Crippen LogP contribution in [0.2, 0.25) is 10.0 Å². The molecule has 0 amide bonds. The molecule has 0 saturated heterocycles. The molecule has 29 heavy (non-hydrogen) atoms. The number of nitrogens with zero attached hydrogens (tertiary/aromatic N) is 2. The minimum Gasteiger partial charge on any atom is -0.457 e. The van der Waals surface area contributed by atoms with Gasteiger partial charge in [0.15, 0.2) is 0 Å². The van der Waals surface area contributed by atoms with Crippen molar-refractivity contribution in [3.63, 3.8) is 0 Å². The maximum Gasteiger partial charge on any atom is 0.137 e. The lowest BCUT2D eigenvalue weighted by Crippen LogP contribution is -1.82. The van der Waals surface area contributed by atoms with E-state index in [2.05, 4.69) is 27.0 Å². The molecule has 0 bridgehead atoms. The van der Waals surface area contributed by atoms with Crippen LogP contribution in [0.4, 0.5) is 0 Å². The highest BCUT2D eigenvalue weighted by molar-refractivity contribution is 9.10. The van der Waals surface area contributed by atoms with Crippen molar-refractivity contribution in [2.75, 3.05) is 0 Å². The second-order valence-electron chi connectivity index (χ2n) is 6.01. The SMILES string of the molecule is N#CC(=Cc1ccc(-c2c(Cl)cccc2Cl)o1)c1nc(-c2ccc(Br)cc2)cs1. The first-order valence-corrected chi connectivity index (χ1v) is 10.9. The van der Waals surface area contributed by atoms with Crippen LogP contribution in [-0.4, -0.2) is 4.98 Å². The van der Waals surface area contributed by atoms with Gasteiger partial charge >= 0.3 is 0 Å². The smallest absolute Gasteiger partial charge is 0.137 e. The number of nitriles is 1. The fraction of sp³-hybridized carbons (Fsp3) is 0. The topological polar surface area (TPSA) is 49.8 Å². The first kappa shape index (κ1) is 19.9. The van der Waals surface area contributed by atoms with E-state index in [1.165, 1.54) is 11.3 Å². The van der Waals surface area contributed by atoms with E-state index in [0.29, 0.717) is 37.7 Å². The third-order valence-electron chi connectivity index (χ3n) is 4.12. The maximum absolute atomic E-state index is 9.63. The first-order valence-electron chi connectivity index (χ1n) is 8.43. The molecule has 7 heteroatoms. The minimum absolute atomic E-state index is 0.421. The van der Waals surface area contributed by atoms with Crippen LogP contribution in [0.3, 0.4) is 0 Å². The van der Waals surface area contributed by atoms with Gasteiger partial charge in [-0.25, -0.2) is 4.98 Å². The summed E-state index contributed by atoms with van der Waals surface area (Å²) >= 11 is 17.3. The molecule has 0 aliphatic heterocycles. The number of halogens is 3. The van der Waals surface area contributed by atoms with Crippen LogP contribution in [-0.2, 0) is 0 Å². The van der Waals surface area contributed by atoms with Gasteiger partial charge in [-0.05, 0) is 36.4 Å². The Morgan fingerprint density at radius 1 is 1.07 bits per heavy atom. The number of benzene rings is 2. The molecule has 3 nitrogen and oxygen atoms in total. The Balaban J connectivity index is 1.65. The fourth-order valence-corrected chi connectivity index (χ4v) is 4.38. The summed E-state index contributed by atoms with van der Waals surface area (Å²) in [6.07, 6.45) is 1.67. The lowest BCUT2D eigenvalue weighted by atomic mass is 10.2. The Bertz CT molecular complexity index is 1230. The molecule has 0 N–H and O–H groups in total. The van der Waals surface area contributed by atoms with Crippen LogP contribution < -0.4 is 0 Å². The number of allylic oxidation sites excluding steroid dienone is 1. The number of rotatable bonds is 4. The largest absolute Gasteiger partial charge is 0.457 e. The Morgan fingerprint density at radius 2 is 1.79 bits per heavy atom. The molecular formula is C22H11BrCl2N2OS. The molecule has 0 aliphatic rings. The number of hydrogen-bond acceptors (Lipinski definition) is 4. The fourth-order valence-electron chi connectivity index (χ4n) is 2.73. The van der Waals surface area contributed by atoms with Gasteiger partial charge in [0.25, 0.3) is 0 Å². The molecule has 4 aromatic rings. The van der Waals surface area contributed by atoms with E-state index in [-0.39, 0.29) is 0 Å². The Morgan fingerprint density at radius 3 is 2.48 bits per heavy atom. The van der Waals surface area contributed by atoms with E-state index in [1.807, 2.05) is 29.6 Å². The monoisotopic (exact) mass is 500 g/mol. The predicted octanol–water partition coefficient (Wildman–Crippen LogP) is 8.20. The van der Waals surface area contributed by atoms with Gasteiger partial charge in [-0.15, -0.1) is 11.3 Å². The van der Waals surface area contributed by atoms with Crippen molar-refractivity contribution in [3.05, 3.63) is 85.3 Å². The molecule has 0 aliphatic carbocycles. The Labute approximate surface area is 190 Å². The highest BCUT2D eigenvalue weighted by atomic mass is 79.9. The third-order valence-corrected chi connectivity index (χ3v) is 6.15. The average molecular weight is 502 g/mol. The van der Waals surface area contributed by atoms with Crippen molar-refractivity contribution in [2.24, 2.45) is 0 Å². The lowest BCUT2D eigenvalue weighted by molar-refractivity contribution is 0.572. The molecule has 4 rings (SSSR count). The van der Waals surface area contributed by atoms with Gasteiger partial charge in [0.1, 0.15) is 22.6 Å². The van der Waals surface area contributed by atoms with Gasteiger partial charge in [0, 0.05) is 21.5 Å². The molecule has 0 fully saturated rings. The van der Waals surface area contributed by atoms with Crippen LogP contribution >= 0.6 is 50.5 Å².